The van der Waals surface area contributed by atoms with Gasteiger partial charge in [-0.25, -0.2) is 8.42 Å². The van der Waals surface area contributed by atoms with Crippen LogP contribution in [0.3, 0.4) is 0 Å². The maximum atomic E-state index is 12.5. The molecule has 1 fully saturated rings. The van der Waals surface area contributed by atoms with Crippen molar-refractivity contribution in [2.75, 3.05) is 33.9 Å². The van der Waals surface area contributed by atoms with Crippen molar-refractivity contribution in [3.05, 3.63) is 17.7 Å². The molecule has 0 unspecified atom stereocenters. The average Bonchev–Trinajstić information content (AvgIpc) is 2.36. The molecular weight excluding hydrogens is 282 g/mol. The molecule has 1 aliphatic heterocycles. The molecule has 6 nitrogen and oxygen atoms in total. The highest BCUT2D eigenvalue weighted by Crippen LogP contribution is 2.35. The van der Waals surface area contributed by atoms with Gasteiger partial charge in [0.05, 0.1) is 19.1 Å². The predicted octanol–water partition coefficient (Wildman–Crippen LogP) is 0.625. The lowest BCUT2D eigenvalue weighted by atomic mass is 10.1. The van der Waals surface area contributed by atoms with Gasteiger partial charge < -0.3 is 14.6 Å². The van der Waals surface area contributed by atoms with E-state index in [1.165, 1.54) is 24.6 Å². The van der Waals surface area contributed by atoms with Crippen molar-refractivity contribution in [2.45, 2.75) is 11.8 Å². The van der Waals surface area contributed by atoms with E-state index in [9.17, 15) is 8.42 Å². The molecule has 112 valence electrons. The predicted molar refractivity (Wildman–Crippen MR) is 73.6 cm³/mol. The van der Waals surface area contributed by atoms with Gasteiger partial charge in [0.2, 0.25) is 10.0 Å². The summed E-state index contributed by atoms with van der Waals surface area (Å²) in [6, 6.07) is 3.13. The molecule has 0 radical (unpaired) electrons. The summed E-state index contributed by atoms with van der Waals surface area (Å²) < 4.78 is 36.7. The van der Waals surface area contributed by atoms with E-state index in [0.29, 0.717) is 30.2 Å². The number of hydrogen-bond donors (Lipinski definition) is 1. The first kappa shape index (κ1) is 15.1. The second-order valence-electron chi connectivity index (χ2n) is 4.84. The number of benzene rings is 1. The zero-order valence-corrected chi connectivity index (χ0v) is 12.6. The number of ether oxygens (including phenoxy) is 2. The van der Waals surface area contributed by atoms with Gasteiger partial charge in [-0.05, 0) is 18.6 Å². The summed E-state index contributed by atoms with van der Waals surface area (Å²) in [5.74, 6) is 0.918. The van der Waals surface area contributed by atoms with Gasteiger partial charge >= 0.3 is 0 Å². The lowest BCUT2D eigenvalue weighted by Gasteiger charge is -2.37. The minimum atomic E-state index is -3.55. The van der Waals surface area contributed by atoms with E-state index in [1.807, 2.05) is 0 Å². The summed E-state index contributed by atoms with van der Waals surface area (Å²) in [7, 11) is -0.573. The Balaban J connectivity index is 2.37. The Morgan fingerprint density at radius 2 is 1.80 bits per heavy atom. The molecule has 1 N–H and O–H groups in total. The fraction of sp³-hybridized carbons (Fsp3) is 0.538. The van der Waals surface area contributed by atoms with Crippen LogP contribution in [0.2, 0.25) is 0 Å². The highest BCUT2D eigenvalue weighted by molar-refractivity contribution is 7.89. The Hall–Kier alpha value is -1.31. The third-order valence-electron chi connectivity index (χ3n) is 3.48. The van der Waals surface area contributed by atoms with E-state index in [4.69, 9.17) is 14.6 Å². The Labute approximate surface area is 119 Å². The fourth-order valence-corrected chi connectivity index (χ4v) is 4.03. The Morgan fingerprint density at radius 1 is 1.25 bits per heavy atom. The lowest BCUT2D eigenvalue weighted by Crippen LogP contribution is -2.51. The second kappa shape index (κ2) is 5.59. The summed E-state index contributed by atoms with van der Waals surface area (Å²) in [6.07, 6.45) is 0. The van der Waals surface area contributed by atoms with Crippen molar-refractivity contribution < 1.29 is 23.0 Å². The van der Waals surface area contributed by atoms with Gasteiger partial charge in [-0.1, -0.05) is 0 Å². The number of aliphatic hydroxyl groups excluding tert-OH is 1. The molecule has 0 bridgehead atoms. The van der Waals surface area contributed by atoms with Crippen molar-refractivity contribution >= 4 is 10.0 Å². The number of hydrogen-bond acceptors (Lipinski definition) is 5. The topological polar surface area (TPSA) is 76.1 Å². The second-order valence-corrected chi connectivity index (χ2v) is 6.75. The molecule has 0 atom stereocenters. The molecule has 1 aromatic carbocycles. The molecule has 0 saturated carbocycles. The van der Waals surface area contributed by atoms with E-state index in [-0.39, 0.29) is 17.4 Å². The molecule has 1 saturated heterocycles. The minimum Gasteiger partial charge on any atom is -0.493 e. The largest absolute Gasteiger partial charge is 0.493 e. The Bertz CT molecular complexity index is 593. The third kappa shape index (κ3) is 2.48. The van der Waals surface area contributed by atoms with E-state index in [0.717, 1.165) is 0 Å². The first-order valence-electron chi connectivity index (χ1n) is 6.27. The molecule has 0 aromatic heterocycles. The summed E-state index contributed by atoms with van der Waals surface area (Å²) in [4.78, 5) is 0.214. The fourth-order valence-electron chi connectivity index (χ4n) is 2.21. The number of aryl methyl sites for hydroxylation is 1. The number of aliphatic hydroxyl groups is 1. The van der Waals surface area contributed by atoms with Crippen molar-refractivity contribution in [2.24, 2.45) is 5.92 Å². The normalized spacial score (nSPS) is 16.8. The Kier molecular flexibility index (Phi) is 4.22. The van der Waals surface area contributed by atoms with Crippen molar-refractivity contribution in [1.82, 2.24) is 4.31 Å². The van der Waals surface area contributed by atoms with Crippen molar-refractivity contribution in [3.8, 4) is 11.5 Å². The van der Waals surface area contributed by atoms with Gasteiger partial charge in [0.1, 0.15) is 0 Å². The van der Waals surface area contributed by atoms with Gasteiger partial charge in [-0.3, -0.25) is 0 Å². The van der Waals surface area contributed by atoms with Crippen LogP contribution in [0.1, 0.15) is 5.56 Å². The van der Waals surface area contributed by atoms with Gasteiger partial charge in [0.15, 0.2) is 11.5 Å². The van der Waals surface area contributed by atoms with Crippen molar-refractivity contribution in [3.63, 3.8) is 0 Å². The molecule has 1 heterocycles. The number of sulfonamides is 1. The average molecular weight is 301 g/mol. The molecular formula is C13H19NO5S. The quantitative estimate of drug-likeness (QED) is 0.863. The Morgan fingerprint density at radius 3 is 2.30 bits per heavy atom. The van der Waals surface area contributed by atoms with Crippen LogP contribution in [0.25, 0.3) is 0 Å². The monoisotopic (exact) mass is 301 g/mol. The first-order valence-corrected chi connectivity index (χ1v) is 7.71. The van der Waals surface area contributed by atoms with Crippen LogP contribution in [0, 0.1) is 12.8 Å². The van der Waals surface area contributed by atoms with E-state index >= 15 is 0 Å². The molecule has 0 spiro atoms. The maximum Gasteiger partial charge on any atom is 0.243 e. The summed E-state index contributed by atoms with van der Waals surface area (Å²) in [5.41, 5.74) is 0.607. The highest BCUT2D eigenvalue weighted by Gasteiger charge is 2.37. The smallest absolute Gasteiger partial charge is 0.243 e. The van der Waals surface area contributed by atoms with Gasteiger partial charge in [-0.2, -0.15) is 4.31 Å². The van der Waals surface area contributed by atoms with Crippen LogP contribution in [-0.2, 0) is 10.0 Å². The van der Waals surface area contributed by atoms with Crippen LogP contribution in [-0.4, -0.2) is 51.7 Å². The van der Waals surface area contributed by atoms with Gasteiger partial charge in [0.25, 0.3) is 0 Å². The third-order valence-corrected chi connectivity index (χ3v) is 5.45. The number of rotatable bonds is 5. The van der Waals surface area contributed by atoms with E-state index in [2.05, 4.69) is 0 Å². The summed E-state index contributed by atoms with van der Waals surface area (Å²) in [5, 5.41) is 8.99. The van der Waals surface area contributed by atoms with E-state index in [1.54, 1.807) is 13.0 Å². The minimum absolute atomic E-state index is 0.0108. The van der Waals surface area contributed by atoms with Gasteiger partial charge in [-0.15, -0.1) is 0 Å². The number of nitrogens with zero attached hydrogens (tertiary/aromatic N) is 1. The first-order chi connectivity index (χ1) is 9.43. The molecule has 0 amide bonds. The van der Waals surface area contributed by atoms with Crippen LogP contribution in [0.4, 0.5) is 0 Å². The number of methoxy groups -OCH3 is 2. The van der Waals surface area contributed by atoms with Crippen LogP contribution < -0.4 is 9.47 Å². The molecule has 20 heavy (non-hydrogen) atoms. The van der Waals surface area contributed by atoms with E-state index < -0.39 is 10.0 Å². The molecule has 7 heteroatoms. The highest BCUT2D eigenvalue weighted by atomic mass is 32.2. The molecule has 1 aromatic rings. The SMILES string of the molecule is COc1cc(C)c(S(=O)(=O)N2CC(CO)C2)cc1OC. The van der Waals surface area contributed by atoms with Gasteiger partial charge in [0, 0.05) is 31.7 Å². The standard InChI is InChI=1S/C13H19NO5S/c1-9-4-11(18-2)12(19-3)5-13(9)20(16,17)14-6-10(7-14)8-15/h4-5,10,15H,6-8H2,1-3H3. The summed E-state index contributed by atoms with van der Waals surface area (Å²) >= 11 is 0. The van der Waals surface area contributed by atoms with Crippen LogP contribution in [0.15, 0.2) is 17.0 Å². The molecule has 0 aliphatic carbocycles. The molecule has 1 aliphatic rings. The maximum absolute atomic E-state index is 12.5. The zero-order valence-electron chi connectivity index (χ0n) is 11.8. The molecule has 2 rings (SSSR count). The lowest BCUT2D eigenvalue weighted by molar-refractivity contribution is 0.117. The van der Waals surface area contributed by atoms with Crippen molar-refractivity contribution in [1.29, 1.82) is 0 Å². The van der Waals surface area contributed by atoms with Crippen LogP contribution in [0.5, 0.6) is 11.5 Å². The zero-order chi connectivity index (χ0) is 14.9. The van der Waals surface area contributed by atoms with Crippen LogP contribution >= 0.6 is 0 Å². The summed E-state index contributed by atoms with van der Waals surface area (Å²) in [6.45, 7) is 2.44.